The lowest BCUT2D eigenvalue weighted by Crippen LogP contribution is -2.55. The van der Waals surface area contributed by atoms with Gasteiger partial charge in [0.15, 0.2) is 29.6 Å². The van der Waals surface area contributed by atoms with E-state index >= 15 is 8.78 Å². The van der Waals surface area contributed by atoms with E-state index in [4.69, 9.17) is 9.84 Å². The molecule has 4 unspecified atom stereocenters. The van der Waals surface area contributed by atoms with Gasteiger partial charge in [0, 0.05) is 19.2 Å². The molecule has 2 fully saturated rings. The van der Waals surface area contributed by atoms with Crippen LogP contribution in [0.4, 0.5) is 17.6 Å². The van der Waals surface area contributed by atoms with Gasteiger partial charge in [-0.05, 0) is 79.9 Å². The molecule has 3 aliphatic carbocycles. The van der Waals surface area contributed by atoms with Crippen LogP contribution in [-0.4, -0.2) is 40.0 Å². The summed E-state index contributed by atoms with van der Waals surface area (Å²) in [4.78, 5) is 0. The van der Waals surface area contributed by atoms with Crippen molar-refractivity contribution in [3.63, 3.8) is 0 Å². The van der Waals surface area contributed by atoms with Gasteiger partial charge in [0.1, 0.15) is 11.0 Å². The lowest BCUT2D eigenvalue weighted by Gasteiger charge is -2.41. The molecular weight excluding hydrogens is 564 g/mol. The Balaban J connectivity index is 0.00000148. The molecule has 0 amide bonds. The van der Waals surface area contributed by atoms with Gasteiger partial charge in [0.2, 0.25) is 0 Å². The third kappa shape index (κ3) is 8.06. The summed E-state index contributed by atoms with van der Waals surface area (Å²) in [5.74, 6) is -1.78. The van der Waals surface area contributed by atoms with Crippen molar-refractivity contribution >= 4 is 12.0 Å². The number of halogens is 4. The minimum atomic E-state index is -2.47. The van der Waals surface area contributed by atoms with Gasteiger partial charge >= 0.3 is 0 Å². The van der Waals surface area contributed by atoms with Crippen molar-refractivity contribution in [3.8, 4) is 5.75 Å². The van der Waals surface area contributed by atoms with Crippen LogP contribution in [0.2, 0.25) is 0 Å². The van der Waals surface area contributed by atoms with Crippen molar-refractivity contribution in [1.29, 1.82) is 0 Å². The molecule has 4 rings (SSSR count). The van der Waals surface area contributed by atoms with Crippen molar-refractivity contribution in [3.05, 3.63) is 40.5 Å². The van der Waals surface area contributed by atoms with Crippen LogP contribution in [0.1, 0.15) is 153 Å². The maximum absolute atomic E-state index is 15.6. The van der Waals surface area contributed by atoms with Crippen LogP contribution in [0.25, 0.3) is 0 Å². The minimum Gasteiger partial charge on any atom is -0.477 e. The number of benzene rings is 1. The highest BCUT2D eigenvalue weighted by Crippen LogP contribution is 2.51. The van der Waals surface area contributed by atoms with Gasteiger partial charge in [0.25, 0.3) is 0 Å². The summed E-state index contributed by atoms with van der Waals surface area (Å²) in [5.41, 5.74) is 0.696. The molecule has 0 aliphatic heterocycles. The zero-order chi connectivity index (χ0) is 31.4. The van der Waals surface area contributed by atoms with Gasteiger partial charge in [-0.25, -0.2) is 17.6 Å². The van der Waals surface area contributed by atoms with Gasteiger partial charge in [-0.15, -0.1) is 0 Å². The molecule has 0 saturated heterocycles. The Hall–Kier alpha value is -1.25. The van der Waals surface area contributed by atoms with Crippen LogP contribution in [0.15, 0.2) is 23.8 Å². The molecule has 0 heterocycles. The maximum Gasteiger partial charge on any atom is 0.194 e. The highest BCUT2D eigenvalue weighted by molar-refractivity contribution is 7.94. The predicted molar refractivity (Wildman–Crippen MR) is 168 cm³/mol. The van der Waals surface area contributed by atoms with Gasteiger partial charge < -0.3 is 14.4 Å². The number of ether oxygens (including phenoxy) is 1. The third-order valence-corrected chi connectivity index (χ3v) is 9.97. The smallest absolute Gasteiger partial charge is 0.194 e. The first-order valence-corrected chi connectivity index (χ1v) is 17.1. The summed E-state index contributed by atoms with van der Waals surface area (Å²) in [5, 5.41) is 5.07. The standard InChI is InChI=1S/C31H44F4O2S.C2H6.CH4O/c1-4-12-19(5-2)23-17-22(20-13-8-6-9-14-20)18-24(21-15-10-7-11-16-21)27(23)37-31(3)29(34)25(32)28(38-36)26(33)30(31)35;2*1-2/h17-21,25,28-29,36H,4-16H2,1-3H3;1-2H3;2H,1H3/t19?,25?,28?,29?,31-;;/m1../s1. The first-order valence-electron chi connectivity index (χ1n) is 16.2. The molecule has 0 bridgehead atoms. The molecule has 42 heavy (non-hydrogen) atoms. The summed E-state index contributed by atoms with van der Waals surface area (Å²) in [6.07, 6.45) is 8.90. The molecule has 1 aromatic carbocycles. The fourth-order valence-corrected chi connectivity index (χ4v) is 7.38. The van der Waals surface area contributed by atoms with Gasteiger partial charge in [0.05, 0.1) is 0 Å². The largest absolute Gasteiger partial charge is 0.477 e. The van der Waals surface area contributed by atoms with E-state index in [1.807, 2.05) is 13.8 Å². The number of aliphatic hydroxyl groups is 1. The van der Waals surface area contributed by atoms with E-state index in [0.29, 0.717) is 11.7 Å². The average Bonchev–Trinajstić information content (AvgIpc) is 3.05. The van der Waals surface area contributed by atoms with Crippen LogP contribution >= 0.6 is 12.0 Å². The van der Waals surface area contributed by atoms with Crippen molar-refractivity contribution in [2.75, 3.05) is 7.11 Å². The summed E-state index contributed by atoms with van der Waals surface area (Å²) < 4.78 is 76.7. The van der Waals surface area contributed by atoms with Crippen molar-refractivity contribution in [2.45, 2.75) is 159 Å². The Bertz CT molecular complexity index is 952. The van der Waals surface area contributed by atoms with E-state index in [2.05, 4.69) is 26.0 Å². The van der Waals surface area contributed by atoms with Crippen LogP contribution < -0.4 is 4.74 Å². The molecule has 2 N–H and O–H groups in total. The minimum absolute atomic E-state index is 0.116. The number of alkyl halides is 2. The summed E-state index contributed by atoms with van der Waals surface area (Å²) in [6, 6.07) is 4.37. The van der Waals surface area contributed by atoms with Gasteiger partial charge in [-0.1, -0.05) is 84.8 Å². The molecule has 5 atom stereocenters. The van der Waals surface area contributed by atoms with Crippen molar-refractivity contribution in [1.82, 2.24) is 0 Å². The number of hydrogen-bond donors (Lipinski definition) is 2. The number of rotatable bonds is 9. The van der Waals surface area contributed by atoms with Crippen LogP contribution in [0.3, 0.4) is 0 Å². The second-order valence-electron chi connectivity index (χ2n) is 11.8. The Morgan fingerprint density at radius 3 is 1.98 bits per heavy atom. The van der Waals surface area contributed by atoms with E-state index in [-0.39, 0.29) is 23.9 Å². The zero-order valence-electron chi connectivity index (χ0n) is 26.5. The van der Waals surface area contributed by atoms with E-state index in [1.54, 1.807) is 0 Å². The Kier molecular flexibility index (Phi) is 15.7. The lowest BCUT2D eigenvalue weighted by molar-refractivity contribution is -0.0366. The predicted octanol–water partition coefficient (Wildman–Crippen LogP) is 11.3. The highest BCUT2D eigenvalue weighted by Gasteiger charge is 2.57. The fraction of sp³-hybridized carbons (Fsp3) is 0.765. The topological polar surface area (TPSA) is 49.7 Å². The van der Waals surface area contributed by atoms with Crippen molar-refractivity contribution < 1.29 is 32.0 Å². The normalized spacial score (nSPS) is 27.9. The summed E-state index contributed by atoms with van der Waals surface area (Å²) in [6.45, 7) is 9.34. The molecule has 2 saturated carbocycles. The second kappa shape index (κ2) is 17.9. The Morgan fingerprint density at radius 1 is 0.929 bits per heavy atom. The molecule has 242 valence electrons. The molecule has 0 spiro atoms. The Labute approximate surface area is 256 Å². The quantitative estimate of drug-likeness (QED) is 0.214. The second-order valence-corrected chi connectivity index (χ2v) is 12.6. The van der Waals surface area contributed by atoms with Crippen LogP contribution in [0.5, 0.6) is 5.75 Å². The van der Waals surface area contributed by atoms with Gasteiger partial charge in [-0.2, -0.15) is 0 Å². The molecule has 0 radical (unpaired) electrons. The zero-order valence-corrected chi connectivity index (χ0v) is 27.4. The molecule has 3 aliphatic rings. The first-order chi connectivity index (χ1) is 20.3. The number of aliphatic hydroxyl groups excluding tert-OH is 1. The average molecular weight is 619 g/mol. The highest BCUT2D eigenvalue weighted by atomic mass is 32.2. The molecule has 0 aromatic heterocycles. The van der Waals surface area contributed by atoms with Crippen molar-refractivity contribution in [2.24, 2.45) is 0 Å². The van der Waals surface area contributed by atoms with E-state index in [1.165, 1.54) is 24.8 Å². The summed E-state index contributed by atoms with van der Waals surface area (Å²) >= 11 is -0.205. The van der Waals surface area contributed by atoms with Gasteiger partial charge in [-0.3, -0.25) is 0 Å². The number of hydrogen-bond acceptors (Lipinski definition) is 4. The maximum atomic E-state index is 15.6. The molecule has 1 aromatic rings. The fourth-order valence-electron chi connectivity index (χ4n) is 6.93. The van der Waals surface area contributed by atoms with E-state index < -0.39 is 34.8 Å². The molecule has 8 heteroatoms. The Morgan fingerprint density at radius 2 is 1.48 bits per heavy atom. The monoisotopic (exact) mass is 618 g/mol. The molecule has 3 nitrogen and oxygen atoms in total. The molecular formula is C34H54F4O3S. The first kappa shape index (κ1) is 36.9. The van der Waals surface area contributed by atoms with Crippen LogP contribution in [0, 0.1) is 0 Å². The van der Waals surface area contributed by atoms with Crippen LogP contribution in [-0.2, 0) is 0 Å². The van der Waals surface area contributed by atoms with E-state index in [0.717, 1.165) is 89.4 Å². The SMILES string of the molecule is CC.CCCC(CC)c1cc(C2CCCCC2)cc(C2CCCCC2)c1O[C@@]1(C)C(F)=C(F)C(SO)C(F)C1F.CO. The third-order valence-electron chi connectivity index (χ3n) is 9.28. The summed E-state index contributed by atoms with van der Waals surface area (Å²) in [7, 11) is 1.00. The lowest BCUT2D eigenvalue weighted by atomic mass is 9.76. The van der Waals surface area contributed by atoms with E-state index in [9.17, 15) is 13.3 Å².